The topological polar surface area (TPSA) is 119 Å². The number of nitro groups is 1. The molecule has 194 valence electrons. The van der Waals surface area contributed by atoms with Gasteiger partial charge < -0.3 is 15.0 Å². The van der Waals surface area contributed by atoms with Crippen molar-refractivity contribution in [2.75, 3.05) is 5.75 Å². The molecule has 1 saturated heterocycles. The van der Waals surface area contributed by atoms with Crippen LogP contribution in [0.5, 0.6) is 0 Å². The predicted molar refractivity (Wildman–Crippen MR) is 136 cm³/mol. The van der Waals surface area contributed by atoms with Gasteiger partial charge in [-0.3, -0.25) is 19.7 Å². The van der Waals surface area contributed by atoms with Crippen LogP contribution in [0, 0.1) is 10.1 Å². The number of unbranched alkanes of at least 4 members (excludes halogenated alkanes) is 4. The Kier molecular flexibility index (Phi) is 10.5. The molecule has 0 bridgehead atoms. The van der Waals surface area contributed by atoms with Crippen LogP contribution in [-0.4, -0.2) is 57.1 Å². The van der Waals surface area contributed by atoms with Crippen molar-refractivity contribution in [2.24, 2.45) is 0 Å². The molecule has 0 aromatic heterocycles. The summed E-state index contributed by atoms with van der Waals surface area (Å²) in [6.45, 7) is 7.41. The van der Waals surface area contributed by atoms with Gasteiger partial charge >= 0.3 is 5.97 Å². The first-order chi connectivity index (χ1) is 16.5. The van der Waals surface area contributed by atoms with E-state index in [9.17, 15) is 24.5 Å². The van der Waals surface area contributed by atoms with E-state index >= 15 is 0 Å². The molecule has 2 amide bonds. The largest absolute Gasteiger partial charge is 0.458 e. The maximum atomic E-state index is 13.5. The molecule has 1 unspecified atom stereocenters. The third-order valence-corrected chi connectivity index (χ3v) is 6.23. The number of amides is 2. The molecule has 1 N–H and O–H groups in total. The standard InChI is InChI=1S/C25H37N3O6S/c1-5-6-7-8-9-10-20(24(31)34-25(2,3)4)27-21(22(29)26-19(16-35)23(27)30)15-17-11-13-18(14-12-17)28(32)33/h11-14,19-21,35H,5-10,15-16H2,1-4H3,(H,26,29)/t19-,20?,21-/m0/s1. The molecular weight excluding hydrogens is 470 g/mol. The summed E-state index contributed by atoms with van der Waals surface area (Å²) in [5, 5.41) is 13.7. The Labute approximate surface area is 212 Å². The van der Waals surface area contributed by atoms with Gasteiger partial charge in [0, 0.05) is 24.3 Å². The number of thiol groups is 1. The average Bonchev–Trinajstić information content (AvgIpc) is 2.78. The van der Waals surface area contributed by atoms with Gasteiger partial charge in [-0.25, -0.2) is 4.79 Å². The molecule has 1 aromatic rings. The molecule has 10 heteroatoms. The molecule has 0 aliphatic carbocycles. The lowest BCUT2D eigenvalue weighted by Gasteiger charge is -2.43. The number of nitrogens with zero attached hydrogens (tertiary/aromatic N) is 2. The number of rotatable bonds is 12. The molecular formula is C25H37N3O6S. The number of piperazine rings is 1. The zero-order chi connectivity index (χ0) is 26.2. The maximum absolute atomic E-state index is 13.5. The highest BCUT2D eigenvalue weighted by Crippen LogP contribution is 2.25. The summed E-state index contributed by atoms with van der Waals surface area (Å²) in [7, 11) is 0. The zero-order valence-electron chi connectivity index (χ0n) is 21.0. The summed E-state index contributed by atoms with van der Waals surface area (Å²) in [6, 6.07) is 3.13. The normalized spacial score (nSPS) is 19.3. The smallest absolute Gasteiger partial charge is 0.329 e. The third-order valence-electron chi connectivity index (χ3n) is 5.86. The third kappa shape index (κ3) is 8.23. The van der Waals surface area contributed by atoms with Crippen LogP contribution in [0.1, 0.15) is 71.8 Å². The predicted octanol–water partition coefficient (Wildman–Crippen LogP) is 3.83. The van der Waals surface area contributed by atoms with Crippen LogP contribution < -0.4 is 5.32 Å². The number of esters is 1. The average molecular weight is 508 g/mol. The summed E-state index contributed by atoms with van der Waals surface area (Å²) in [5.74, 6) is -1.21. The number of carbonyl (C=O) groups excluding carboxylic acids is 3. The van der Waals surface area contributed by atoms with Crippen LogP contribution >= 0.6 is 12.6 Å². The van der Waals surface area contributed by atoms with Gasteiger partial charge in [0.05, 0.1) is 4.92 Å². The number of hydrogen-bond acceptors (Lipinski definition) is 7. The summed E-state index contributed by atoms with van der Waals surface area (Å²) < 4.78 is 5.67. The molecule has 2 rings (SSSR count). The van der Waals surface area contributed by atoms with E-state index in [4.69, 9.17) is 4.74 Å². The zero-order valence-corrected chi connectivity index (χ0v) is 21.9. The van der Waals surface area contributed by atoms with Crippen molar-refractivity contribution in [3.8, 4) is 0 Å². The van der Waals surface area contributed by atoms with Gasteiger partial charge in [-0.1, -0.05) is 51.2 Å². The number of nitrogens with one attached hydrogen (secondary N) is 1. The first kappa shape index (κ1) is 28.6. The Morgan fingerprint density at radius 2 is 1.80 bits per heavy atom. The molecule has 1 aromatic carbocycles. The van der Waals surface area contributed by atoms with Crippen molar-refractivity contribution < 1.29 is 24.0 Å². The van der Waals surface area contributed by atoms with Crippen LogP contribution in [0.25, 0.3) is 0 Å². The Morgan fingerprint density at radius 3 is 2.34 bits per heavy atom. The van der Waals surface area contributed by atoms with E-state index in [1.165, 1.54) is 17.0 Å². The number of carbonyl (C=O) groups is 3. The first-order valence-electron chi connectivity index (χ1n) is 12.2. The minimum absolute atomic E-state index is 0.0661. The van der Waals surface area contributed by atoms with Gasteiger partial charge in [0.2, 0.25) is 11.8 Å². The number of ether oxygens (including phenoxy) is 1. The molecule has 1 fully saturated rings. The molecule has 0 spiro atoms. The van der Waals surface area contributed by atoms with Gasteiger partial charge in [-0.2, -0.15) is 12.6 Å². The van der Waals surface area contributed by atoms with Crippen molar-refractivity contribution >= 4 is 36.1 Å². The second kappa shape index (κ2) is 12.9. The molecule has 0 radical (unpaired) electrons. The summed E-state index contributed by atoms with van der Waals surface area (Å²) in [4.78, 5) is 51.8. The lowest BCUT2D eigenvalue weighted by atomic mass is 9.95. The van der Waals surface area contributed by atoms with Crippen LogP contribution in [0.15, 0.2) is 24.3 Å². The lowest BCUT2D eigenvalue weighted by Crippen LogP contribution is -2.68. The summed E-state index contributed by atoms with van der Waals surface area (Å²) in [5.41, 5.74) is -0.178. The Balaban J connectivity index is 2.38. The Hall–Kier alpha value is -2.62. The van der Waals surface area contributed by atoms with Crippen LogP contribution in [-0.2, 0) is 25.5 Å². The molecule has 1 aliphatic heterocycles. The van der Waals surface area contributed by atoms with Gasteiger partial charge in [-0.05, 0) is 32.8 Å². The van der Waals surface area contributed by atoms with Crippen LogP contribution in [0.3, 0.4) is 0 Å². The van der Waals surface area contributed by atoms with Crippen molar-refractivity contribution in [3.05, 3.63) is 39.9 Å². The van der Waals surface area contributed by atoms with Gasteiger partial charge in [0.25, 0.3) is 5.69 Å². The van der Waals surface area contributed by atoms with E-state index in [1.807, 2.05) is 0 Å². The molecule has 1 aliphatic rings. The highest BCUT2D eigenvalue weighted by atomic mass is 32.1. The number of nitro benzene ring substituents is 1. The highest BCUT2D eigenvalue weighted by molar-refractivity contribution is 7.80. The monoisotopic (exact) mass is 507 g/mol. The lowest BCUT2D eigenvalue weighted by molar-refractivity contribution is -0.384. The summed E-state index contributed by atoms with van der Waals surface area (Å²) >= 11 is 4.22. The number of benzene rings is 1. The fraction of sp³-hybridized carbons (Fsp3) is 0.640. The second-order valence-corrected chi connectivity index (χ2v) is 10.3. The molecule has 3 atom stereocenters. The Bertz CT molecular complexity index is 899. The maximum Gasteiger partial charge on any atom is 0.329 e. The molecule has 1 heterocycles. The van der Waals surface area contributed by atoms with Crippen molar-refractivity contribution in [2.45, 2.75) is 96.4 Å². The minimum Gasteiger partial charge on any atom is -0.458 e. The van der Waals surface area contributed by atoms with Crippen molar-refractivity contribution in [3.63, 3.8) is 0 Å². The van der Waals surface area contributed by atoms with E-state index in [0.29, 0.717) is 18.4 Å². The highest BCUT2D eigenvalue weighted by Gasteiger charge is 2.46. The van der Waals surface area contributed by atoms with E-state index in [1.54, 1.807) is 32.9 Å². The van der Waals surface area contributed by atoms with E-state index < -0.39 is 34.6 Å². The van der Waals surface area contributed by atoms with E-state index in [2.05, 4.69) is 24.9 Å². The van der Waals surface area contributed by atoms with Crippen LogP contribution in [0.4, 0.5) is 5.69 Å². The van der Waals surface area contributed by atoms with Gasteiger partial charge in [-0.15, -0.1) is 0 Å². The second-order valence-electron chi connectivity index (χ2n) is 9.88. The quantitative estimate of drug-likeness (QED) is 0.146. The number of hydrogen-bond donors (Lipinski definition) is 2. The van der Waals surface area contributed by atoms with Crippen molar-refractivity contribution in [1.82, 2.24) is 10.2 Å². The number of non-ortho nitro benzene ring substituents is 1. The summed E-state index contributed by atoms with van der Waals surface area (Å²) in [6.07, 6.45) is 5.32. The first-order valence-corrected chi connectivity index (χ1v) is 12.8. The van der Waals surface area contributed by atoms with Crippen molar-refractivity contribution in [1.29, 1.82) is 0 Å². The van der Waals surface area contributed by atoms with E-state index in [-0.39, 0.29) is 29.7 Å². The van der Waals surface area contributed by atoms with Gasteiger partial charge in [0.15, 0.2) is 0 Å². The SMILES string of the molecule is CCCCCCCC(C(=O)OC(C)(C)C)N1C(=O)[C@H](CS)NC(=O)[C@@H]1Cc1ccc([N+](=O)[O-])cc1. The fourth-order valence-electron chi connectivity index (χ4n) is 4.13. The minimum atomic E-state index is -0.951. The fourth-order valence-corrected chi connectivity index (χ4v) is 4.38. The molecule has 0 saturated carbocycles. The Morgan fingerprint density at radius 1 is 1.17 bits per heavy atom. The molecule has 35 heavy (non-hydrogen) atoms. The molecule has 9 nitrogen and oxygen atoms in total. The van der Waals surface area contributed by atoms with Crippen LogP contribution in [0.2, 0.25) is 0 Å². The van der Waals surface area contributed by atoms with Gasteiger partial charge in [0.1, 0.15) is 23.7 Å². The van der Waals surface area contributed by atoms with E-state index in [0.717, 1.165) is 25.7 Å².